The Kier molecular flexibility index (Phi) is 5.57. The number of nitrogens with zero attached hydrogens (tertiary/aromatic N) is 3. The first-order valence-corrected chi connectivity index (χ1v) is 7.84. The fourth-order valence-corrected chi connectivity index (χ4v) is 2.49. The summed E-state index contributed by atoms with van der Waals surface area (Å²) in [5, 5.41) is 0.189. The van der Waals surface area contributed by atoms with Crippen LogP contribution < -0.4 is 9.80 Å². The van der Waals surface area contributed by atoms with Gasteiger partial charge in [0, 0.05) is 13.3 Å². The van der Waals surface area contributed by atoms with Gasteiger partial charge in [0.2, 0.25) is 5.91 Å². The first-order valence-electron chi connectivity index (χ1n) is 7.43. The van der Waals surface area contributed by atoms with Crippen molar-refractivity contribution in [1.82, 2.24) is 4.90 Å². The van der Waals surface area contributed by atoms with Crippen LogP contribution in [0.15, 0.2) is 35.3 Å². The van der Waals surface area contributed by atoms with Crippen molar-refractivity contribution in [1.29, 1.82) is 0 Å². The Hall–Kier alpha value is -2.12. The molecule has 1 aromatic carbocycles. The number of thiocarbonyl (C=S) groups is 1. The average molecular weight is 333 g/mol. The predicted octanol–water partition coefficient (Wildman–Crippen LogP) is -0.392. The average Bonchev–Trinajstić information content (AvgIpc) is 2.53. The minimum Gasteiger partial charge on any atom is -0.338 e. The molecule has 7 heteroatoms. The number of benzene rings is 1. The van der Waals surface area contributed by atoms with E-state index in [9.17, 15) is 9.59 Å². The molecule has 1 saturated heterocycles. The topological polar surface area (TPSA) is 57.4 Å². The standard InChI is InChI=1S/C16H20N4O2S/c1-18(2)10-9-17-11-13-14(21)19(3)16(23)20(15(13)22)12-7-5-4-6-8-12/h4-8,11,13H,9-10H2,1-3H3/p+1/t13-/m1/s1. The van der Waals surface area contributed by atoms with Gasteiger partial charge in [-0.2, -0.15) is 0 Å². The molecule has 2 rings (SSSR count). The molecule has 0 aromatic heterocycles. The molecule has 0 saturated carbocycles. The van der Waals surface area contributed by atoms with Gasteiger partial charge in [0.1, 0.15) is 0 Å². The molecule has 0 bridgehead atoms. The Morgan fingerprint density at radius 2 is 1.87 bits per heavy atom. The van der Waals surface area contributed by atoms with E-state index in [0.717, 1.165) is 6.54 Å². The molecule has 1 aliphatic rings. The summed E-state index contributed by atoms with van der Waals surface area (Å²) in [6, 6.07) is 9.09. The molecule has 2 amide bonds. The second kappa shape index (κ2) is 7.43. The number of hydrogen-bond acceptors (Lipinski definition) is 4. The smallest absolute Gasteiger partial charge is 0.251 e. The van der Waals surface area contributed by atoms with Gasteiger partial charge in [0.25, 0.3) is 5.91 Å². The fraction of sp³-hybridized carbons (Fsp3) is 0.375. The normalized spacial score (nSPS) is 19.3. The molecule has 1 aromatic rings. The van der Waals surface area contributed by atoms with Crippen molar-refractivity contribution in [3.8, 4) is 0 Å². The maximum absolute atomic E-state index is 12.7. The van der Waals surface area contributed by atoms with Crippen molar-refractivity contribution in [2.24, 2.45) is 10.9 Å². The van der Waals surface area contributed by atoms with E-state index in [0.29, 0.717) is 12.2 Å². The van der Waals surface area contributed by atoms with Gasteiger partial charge < -0.3 is 4.90 Å². The van der Waals surface area contributed by atoms with Crippen molar-refractivity contribution < 1.29 is 14.5 Å². The summed E-state index contributed by atoms with van der Waals surface area (Å²) in [5.41, 5.74) is 0.651. The lowest BCUT2D eigenvalue weighted by atomic mass is 10.0. The first-order chi connectivity index (χ1) is 10.9. The van der Waals surface area contributed by atoms with Crippen LogP contribution in [0.5, 0.6) is 0 Å². The van der Waals surface area contributed by atoms with E-state index < -0.39 is 5.92 Å². The van der Waals surface area contributed by atoms with Gasteiger partial charge in [-0.3, -0.25) is 24.4 Å². The number of hydrogen-bond donors (Lipinski definition) is 1. The molecule has 0 aliphatic carbocycles. The minimum atomic E-state index is -0.927. The van der Waals surface area contributed by atoms with Crippen molar-refractivity contribution in [3.05, 3.63) is 30.3 Å². The number of aliphatic imine (C=N–C) groups is 1. The van der Waals surface area contributed by atoms with E-state index >= 15 is 0 Å². The zero-order valence-corrected chi connectivity index (χ0v) is 14.3. The third-order valence-electron chi connectivity index (χ3n) is 3.57. The molecule has 1 fully saturated rings. The molecule has 1 atom stereocenters. The first kappa shape index (κ1) is 17.2. The van der Waals surface area contributed by atoms with Crippen molar-refractivity contribution in [3.63, 3.8) is 0 Å². The van der Waals surface area contributed by atoms with Gasteiger partial charge in [-0.25, -0.2) is 0 Å². The molecule has 1 N–H and O–H groups in total. The van der Waals surface area contributed by atoms with Gasteiger partial charge >= 0.3 is 0 Å². The van der Waals surface area contributed by atoms with E-state index in [-0.39, 0.29) is 16.9 Å². The predicted molar refractivity (Wildman–Crippen MR) is 93.8 cm³/mol. The second-order valence-corrected chi connectivity index (χ2v) is 6.04. The molecule has 0 spiro atoms. The lowest BCUT2D eigenvalue weighted by Crippen LogP contribution is -3.06. The van der Waals surface area contributed by atoms with Crippen LogP contribution in [0.2, 0.25) is 0 Å². The quantitative estimate of drug-likeness (QED) is 0.454. The summed E-state index contributed by atoms with van der Waals surface area (Å²) in [6.07, 6.45) is 1.45. The summed E-state index contributed by atoms with van der Waals surface area (Å²) in [6.45, 7) is 1.40. The SMILES string of the molecule is CN1C(=O)[C@@H](C=NCC[NH+](C)C)C(=O)N(c2ccccc2)C1=S. The number of carbonyl (C=O) groups excluding carboxylic acids is 2. The van der Waals surface area contributed by atoms with Crippen LogP contribution >= 0.6 is 12.2 Å². The van der Waals surface area contributed by atoms with E-state index in [2.05, 4.69) is 4.99 Å². The molecule has 0 radical (unpaired) electrons. The largest absolute Gasteiger partial charge is 0.338 e. The number of carbonyl (C=O) groups is 2. The second-order valence-electron chi connectivity index (χ2n) is 5.68. The number of anilines is 1. The van der Waals surface area contributed by atoms with Crippen molar-refractivity contribution >= 4 is 41.0 Å². The highest BCUT2D eigenvalue weighted by Gasteiger charge is 2.41. The van der Waals surface area contributed by atoms with E-state index in [1.807, 2.05) is 32.3 Å². The third kappa shape index (κ3) is 3.80. The highest BCUT2D eigenvalue weighted by molar-refractivity contribution is 7.80. The Balaban J connectivity index is 2.24. The van der Waals surface area contributed by atoms with Gasteiger partial charge in [-0.1, -0.05) is 18.2 Å². The molecule has 1 aliphatic heterocycles. The third-order valence-corrected chi connectivity index (χ3v) is 4.03. The molecular formula is C16H21N4O2S+. The maximum Gasteiger partial charge on any atom is 0.251 e. The molecule has 122 valence electrons. The highest BCUT2D eigenvalue weighted by Crippen LogP contribution is 2.23. The molecule has 6 nitrogen and oxygen atoms in total. The lowest BCUT2D eigenvalue weighted by Gasteiger charge is -2.36. The van der Waals surface area contributed by atoms with Crippen molar-refractivity contribution in [2.75, 3.05) is 39.1 Å². The van der Waals surface area contributed by atoms with Crippen molar-refractivity contribution in [2.45, 2.75) is 0 Å². The molecule has 1 heterocycles. The van der Waals surface area contributed by atoms with Crippen LogP contribution in [0, 0.1) is 5.92 Å². The number of para-hydroxylation sites is 1. The number of nitrogens with one attached hydrogen (secondary N) is 1. The Bertz CT molecular complexity index is 630. The van der Waals surface area contributed by atoms with Crippen LogP contribution in [-0.2, 0) is 9.59 Å². The Morgan fingerprint density at radius 3 is 2.48 bits per heavy atom. The summed E-state index contributed by atoms with van der Waals surface area (Å²) < 4.78 is 0. The number of likely N-dealkylation sites (N-methyl/N-ethyl adjacent to an activating group) is 1. The number of quaternary nitrogens is 1. The summed E-state index contributed by atoms with van der Waals surface area (Å²) in [4.78, 5) is 33.3. The summed E-state index contributed by atoms with van der Waals surface area (Å²) in [7, 11) is 5.63. The molecular weight excluding hydrogens is 312 g/mol. The number of amides is 2. The van der Waals surface area contributed by atoms with Crippen LogP contribution in [0.3, 0.4) is 0 Å². The van der Waals surface area contributed by atoms with E-state index in [1.54, 1.807) is 19.2 Å². The zero-order chi connectivity index (χ0) is 17.0. The van der Waals surface area contributed by atoms with Crippen LogP contribution in [0.1, 0.15) is 0 Å². The van der Waals surface area contributed by atoms with Gasteiger partial charge in [0.05, 0.1) is 32.9 Å². The zero-order valence-electron chi connectivity index (χ0n) is 13.5. The molecule has 0 unspecified atom stereocenters. The highest BCUT2D eigenvalue weighted by atomic mass is 32.1. The minimum absolute atomic E-state index is 0.189. The van der Waals surface area contributed by atoms with E-state index in [4.69, 9.17) is 12.2 Å². The van der Waals surface area contributed by atoms with Crippen LogP contribution in [0.25, 0.3) is 0 Å². The number of rotatable bonds is 5. The van der Waals surface area contributed by atoms with Crippen LogP contribution in [-0.4, -0.2) is 62.3 Å². The lowest BCUT2D eigenvalue weighted by molar-refractivity contribution is -0.856. The maximum atomic E-state index is 12.7. The summed E-state index contributed by atoms with van der Waals surface area (Å²) in [5.74, 6) is -1.62. The van der Waals surface area contributed by atoms with Gasteiger partial charge in [0.15, 0.2) is 11.0 Å². The van der Waals surface area contributed by atoms with Gasteiger partial charge in [-0.05, 0) is 24.4 Å². The van der Waals surface area contributed by atoms with Crippen LogP contribution in [0.4, 0.5) is 5.69 Å². The summed E-state index contributed by atoms with van der Waals surface area (Å²) >= 11 is 5.27. The van der Waals surface area contributed by atoms with Gasteiger partial charge in [-0.15, -0.1) is 0 Å². The fourth-order valence-electron chi connectivity index (χ4n) is 2.20. The molecule has 23 heavy (non-hydrogen) atoms. The van der Waals surface area contributed by atoms with E-state index in [1.165, 1.54) is 20.9 Å². The monoisotopic (exact) mass is 333 g/mol. The Labute approximate surface area is 141 Å². The Morgan fingerprint density at radius 1 is 1.22 bits per heavy atom.